The molecule has 2 rings (SSSR count). The van der Waals surface area contributed by atoms with Crippen molar-refractivity contribution in [2.75, 3.05) is 26.7 Å². The molecule has 0 aliphatic carbocycles. The Balaban J connectivity index is 1.62. The van der Waals surface area contributed by atoms with Gasteiger partial charge in [-0.2, -0.15) is 0 Å². The van der Waals surface area contributed by atoms with E-state index < -0.39 is 0 Å². The molecule has 0 aromatic carbocycles. The van der Waals surface area contributed by atoms with Crippen LogP contribution < -0.4 is 5.32 Å². The number of nitrogens with zero attached hydrogens (tertiary/aromatic N) is 3. The molecule has 19 heavy (non-hydrogen) atoms. The van der Waals surface area contributed by atoms with E-state index in [2.05, 4.69) is 33.7 Å². The molecule has 0 spiro atoms. The summed E-state index contributed by atoms with van der Waals surface area (Å²) in [5.74, 6) is 0.921. The largest absolute Gasteiger partial charge is 0.333 e. The molecular weight excluding hydrogens is 236 g/mol. The molecule has 2 heterocycles. The predicted molar refractivity (Wildman–Crippen MR) is 79.1 cm³/mol. The maximum absolute atomic E-state index is 4.24. The first kappa shape index (κ1) is 14.5. The van der Waals surface area contributed by atoms with E-state index in [0.717, 1.165) is 25.6 Å². The fraction of sp³-hybridized carbons (Fsp3) is 0.800. The number of hydrogen-bond donors (Lipinski definition) is 1. The molecular formula is C15H28N4. The van der Waals surface area contributed by atoms with Gasteiger partial charge in [-0.3, -0.25) is 0 Å². The van der Waals surface area contributed by atoms with Crippen LogP contribution in [0.1, 0.15) is 38.3 Å². The average molecular weight is 264 g/mol. The van der Waals surface area contributed by atoms with Gasteiger partial charge in [0, 0.05) is 19.3 Å². The van der Waals surface area contributed by atoms with E-state index in [1.54, 1.807) is 0 Å². The molecule has 0 radical (unpaired) electrons. The van der Waals surface area contributed by atoms with Crippen LogP contribution in [0.15, 0.2) is 12.5 Å². The second-order valence-electron chi connectivity index (χ2n) is 5.79. The number of likely N-dealkylation sites (tertiary alicyclic amines) is 1. The number of nitrogens with one attached hydrogen (secondary N) is 1. The summed E-state index contributed by atoms with van der Waals surface area (Å²) in [4.78, 5) is 6.67. The summed E-state index contributed by atoms with van der Waals surface area (Å²) in [6, 6.07) is 0. The second-order valence-corrected chi connectivity index (χ2v) is 5.79. The Labute approximate surface area is 117 Å². The second kappa shape index (κ2) is 7.65. The average Bonchev–Trinajstić information content (AvgIpc) is 2.85. The first-order chi connectivity index (χ1) is 9.29. The van der Waals surface area contributed by atoms with E-state index in [1.165, 1.54) is 44.5 Å². The first-order valence-electron chi connectivity index (χ1n) is 7.68. The lowest BCUT2D eigenvalue weighted by Crippen LogP contribution is -2.31. The first-order valence-corrected chi connectivity index (χ1v) is 7.68. The van der Waals surface area contributed by atoms with Crippen LogP contribution in [-0.2, 0) is 13.1 Å². The fourth-order valence-electron chi connectivity index (χ4n) is 2.81. The lowest BCUT2D eigenvalue weighted by atomic mass is 9.94. The monoisotopic (exact) mass is 264 g/mol. The van der Waals surface area contributed by atoms with Gasteiger partial charge in [0.2, 0.25) is 0 Å². The summed E-state index contributed by atoms with van der Waals surface area (Å²) in [5, 5.41) is 3.57. The highest BCUT2D eigenvalue weighted by Gasteiger charge is 2.15. The number of hydrogen-bond acceptors (Lipinski definition) is 3. The van der Waals surface area contributed by atoms with Gasteiger partial charge in [-0.15, -0.1) is 0 Å². The molecule has 1 aromatic heterocycles. The normalized spacial score (nSPS) is 18.0. The zero-order chi connectivity index (χ0) is 13.5. The Morgan fingerprint density at radius 1 is 1.37 bits per heavy atom. The van der Waals surface area contributed by atoms with Crippen molar-refractivity contribution < 1.29 is 0 Å². The van der Waals surface area contributed by atoms with Crippen LogP contribution in [0, 0.1) is 5.92 Å². The Kier molecular flexibility index (Phi) is 5.86. The van der Waals surface area contributed by atoms with Gasteiger partial charge in [-0.1, -0.05) is 6.92 Å². The summed E-state index contributed by atoms with van der Waals surface area (Å²) in [6.45, 7) is 7.91. The van der Waals surface area contributed by atoms with Gasteiger partial charge in [0.15, 0.2) is 0 Å². The standard InChI is InChI=1S/C15H28N4/c1-3-8-19-13-17-12-15(19)11-16-7-4-14-5-9-18(2)10-6-14/h12-14,16H,3-11H2,1-2H3. The summed E-state index contributed by atoms with van der Waals surface area (Å²) in [5.41, 5.74) is 1.31. The molecule has 0 saturated carbocycles. The number of aryl methyl sites for hydroxylation is 1. The lowest BCUT2D eigenvalue weighted by molar-refractivity contribution is 0.211. The Hall–Kier alpha value is -0.870. The zero-order valence-electron chi connectivity index (χ0n) is 12.4. The van der Waals surface area contributed by atoms with Gasteiger partial charge in [0.05, 0.1) is 12.0 Å². The maximum Gasteiger partial charge on any atom is 0.0948 e. The van der Waals surface area contributed by atoms with Crippen molar-refractivity contribution in [3.8, 4) is 0 Å². The molecule has 1 aromatic rings. The van der Waals surface area contributed by atoms with E-state index in [9.17, 15) is 0 Å². The summed E-state index contributed by atoms with van der Waals surface area (Å²) >= 11 is 0. The van der Waals surface area contributed by atoms with Crippen LogP contribution in [0.4, 0.5) is 0 Å². The van der Waals surface area contributed by atoms with Crippen molar-refractivity contribution in [1.29, 1.82) is 0 Å². The SMILES string of the molecule is CCCn1cncc1CNCCC1CCN(C)CC1. The molecule has 4 heteroatoms. The third kappa shape index (κ3) is 4.62. The Bertz CT molecular complexity index is 353. The van der Waals surface area contributed by atoms with Crippen LogP contribution in [0.5, 0.6) is 0 Å². The smallest absolute Gasteiger partial charge is 0.0948 e. The molecule has 0 unspecified atom stereocenters. The van der Waals surface area contributed by atoms with E-state index in [1.807, 2.05) is 12.5 Å². The predicted octanol–water partition coefficient (Wildman–Crippen LogP) is 2.11. The Morgan fingerprint density at radius 2 is 2.16 bits per heavy atom. The minimum Gasteiger partial charge on any atom is -0.333 e. The van der Waals surface area contributed by atoms with Crippen molar-refractivity contribution in [2.45, 2.75) is 45.7 Å². The molecule has 0 atom stereocenters. The molecule has 1 aliphatic rings. The fourth-order valence-corrected chi connectivity index (χ4v) is 2.81. The molecule has 1 N–H and O–H groups in total. The number of piperidine rings is 1. The van der Waals surface area contributed by atoms with Gasteiger partial charge in [-0.25, -0.2) is 4.98 Å². The van der Waals surface area contributed by atoms with Crippen molar-refractivity contribution in [3.05, 3.63) is 18.2 Å². The van der Waals surface area contributed by atoms with Gasteiger partial charge in [0.25, 0.3) is 0 Å². The van der Waals surface area contributed by atoms with E-state index in [0.29, 0.717) is 0 Å². The third-order valence-electron chi connectivity index (χ3n) is 4.14. The molecule has 1 fully saturated rings. The van der Waals surface area contributed by atoms with Gasteiger partial charge < -0.3 is 14.8 Å². The molecule has 4 nitrogen and oxygen atoms in total. The molecule has 108 valence electrons. The third-order valence-corrected chi connectivity index (χ3v) is 4.14. The topological polar surface area (TPSA) is 33.1 Å². The number of rotatable bonds is 7. The highest BCUT2D eigenvalue weighted by atomic mass is 15.1. The minimum absolute atomic E-state index is 0.921. The van der Waals surface area contributed by atoms with Crippen LogP contribution in [0.2, 0.25) is 0 Å². The van der Waals surface area contributed by atoms with Crippen molar-refractivity contribution in [3.63, 3.8) is 0 Å². The van der Waals surface area contributed by atoms with Crippen molar-refractivity contribution >= 4 is 0 Å². The maximum atomic E-state index is 4.24. The number of aromatic nitrogens is 2. The van der Waals surface area contributed by atoms with E-state index >= 15 is 0 Å². The summed E-state index contributed by atoms with van der Waals surface area (Å²) in [6.07, 6.45) is 9.14. The van der Waals surface area contributed by atoms with Crippen LogP contribution in [-0.4, -0.2) is 41.1 Å². The molecule has 0 bridgehead atoms. The van der Waals surface area contributed by atoms with Crippen molar-refractivity contribution in [1.82, 2.24) is 19.8 Å². The zero-order valence-corrected chi connectivity index (χ0v) is 12.4. The lowest BCUT2D eigenvalue weighted by Gasteiger charge is -2.28. The quantitative estimate of drug-likeness (QED) is 0.766. The van der Waals surface area contributed by atoms with E-state index in [4.69, 9.17) is 0 Å². The van der Waals surface area contributed by atoms with Crippen molar-refractivity contribution in [2.24, 2.45) is 5.92 Å². The highest BCUT2D eigenvalue weighted by Crippen LogP contribution is 2.18. The highest BCUT2D eigenvalue weighted by molar-refractivity contribution is 4.97. The van der Waals surface area contributed by atoms with Crippen LogP contribution >= 0.6 is 0 Å². The minimum atomic E-state index is 0.921. The van der Waals surface area contributed by atoms with E-state index in [-0.39, 0.29) is 0 Å². The van der Waals surface area contributed by atoms with Crippen LogP contribution in [0.3, 0.4) is 0 Å². The van der Waals surface area contributed by atoms with Gasteiger partial charge in [-0.05, 0) is 58.3 Å². The van der Waals surface area contributed by atoms with Gasteiger partial charge >= 0.3 is 0 Å². The molecule has 0 amide bonds. The van der Waals surface area contributed by atoms with Gasteiger partial charge in [0.1, 0.15) is 0 Å². The molecule has 1 aliphatic heterocycles. The van der Waals surface area contributed by atoms with Crippen LogP contribution in [0.25, 0.3) is 0 Å². The summed E-state index contributed by atoms with van der Waals surface area (Å²) in [7, 11) is 2.23. The Morgan fingerprint density at radius 3 is 2.89 bits per heavy atom. The summed E-state index contributed by atoms with van der Waals surface area (Å²) < 4.78 is 2.25. The molecule has 1 saturated heterocycles. The number of imidazole rings is 1.